The number of aromatic nitrogens is 2. The number of nitrogens with zero attached hydrogens (tertiary/aromatic N) is 2. The quantitative estimate of drug-likeness (QED) is 0.872. The molecule has 0 radical (unpaired) electrons. The van der Waals surface area contributed by atoms with Crippen molar-refractivity contribution < 1.29 is 23.0 Å². The average molecular weight is 295 g/mol. The molecule has 0 bridgehead atoms. The number of hydrogen-bond donors (Lipinski definition) is 1. The average Bonchev–Trinajstić information content (AvgIpc) is 2.45. The first kappa shape index (κ1) is 14.6. The predicted octanol–water partition coefficient (Wildman–Crippen LogP) is 2.29. The maximum atomic E-state index is 13.1. The third-order valence-electron chi connectivity index (χ3n) is 2.45. The molecule has 0 saturated heterocycles. The number of carbonyl (C=O) groups excluding carboxylic acids is 1. The van der Waals surface area contributed by atoms with Crippen molar-refractivity contribution in [1.82, 2.24) is 9.97 Å². The first-order valence-electron chi connectivity index (χ1n) is 5.76. The van der Waals surface area contributed by atoms with Crippen molar-refractivity contribution in [2.24, 2.45) is 0 Å². The lowest BCUT2D eigenvalue weighted by atomic mass is 10.3. The van der Waals surface area contributed by atoms with Gasteiger partial charge in [0.05, 0.1) is 20.4 Å². The van der Waals surface area contributed by atoms with Gasteiger partial charge in [0.25, 0.3) is 0 Å². The van der Waals surface area contributed by atoms with Crippen LogP contribution in [-0.2, 0) is 4.74 Å². The summed E-state index contributed by atoms with van der Waals surface area (Å²) in [6, 6.07) is 2.89. The van der Waals surface area contributed by atoms with E-state index in [0.717, 1.165) is 18.2 Å². The van der Waals surface area contributed by atoms with Gasteiger partial charge in [0.15, 0.2) is 0 Å². The number of ether oxygens (including phenoxy) is 2. The standard InChI is InChI=1S/C13H11F2N3O3/c1-20-12-11(13(19)21-2)18-10(6-16-12)17-9-4-7(14)3-8(15)5-9/h3-6H,1-2H3,(H,17,18). The number of halogens is 2. The number of rotatable bonds is 4. The van der Waals surface area contributed by atoms with Gasteiger partial charge in [-0.25, -0.2) is 23.5 Å². The highest BCUT2D eigenvalue weighted by molar-refractivity contribution is 5.90. The Morgan fingerprint density at radius 3 is 2.43 bits per heavy atom. The van der Waals surface area contributed by atoms with Crippen LogP contribution < -0.4 is 10.1 Å². The Morgan fingerprint density at radius 2 is 1.86 bits per heavy atom. The Kier molecular flexibility index (Phi) is 4.27. The second-order valence-electron chi connectivity index (χ2n) is 3.89. The van der Waals surface area contributed by atoms with Crippen LogP contribution in [0.5, 0.6) is 5.88 Å². The number of carbonyl (C=O) groups is 1. The topological polar surface area (TPSA) is 73.3 Å². The van der Waals surface area contributed by atoms with Crippen molar-refractivity contribution in [3.05, 3.63) is 41.7 Å². The van der Waals surface area contributed by atoms with Crippen LogP contribution in [0.3, 0.4) is 0 Å². The van der Waals surface area contributed by atoms with Gasteiger partial charge in [-0.05, 0) is 12.1 Å². The van der Waals surface area contributed by atoms with E-state index in [0.29, 0.717) is 0 Å². The molecule has 1 aromatic carbocycles. The van der Waals surface area contributed by atoms with Crippen LogP contribution in [0.4, 0.5) is 20.3 Å². The molecule has 0 atom stereocenters. The van der Waals surface area contributed by atoms with Gasteiger partial charge in [-0.15, -0.1) is 0 Å². The fourth-order valence-electron chi connectivity index (χ4n) is 1.59. The largest absolute Gasteiger partial charge is 0.479 e. The van der Waals surface area contributed by atoms with E-state index < -0.39 is 17.6 Å². The molecule has 0 fully saturated rings. The molecule has 21 heavy (non-hydrogen) atoms. The minimum Gasteiger partial charge on any atom is -0.479 e. The van der Waals surface area contributed by atoms with Gasteiger partial charge in [0.2, 0.25) is 11.6 Å². The second-order valence-corrected chi connectivity index (χ2v) is 3.89. The van der Waals surface area contributed by atoms with Crippen molar-refractivity contribution in [3.63, 3.8) is 0 Å². The minimum absolute atomic E-state index is 0.0159. The van der Waals surface area contributed by atoms with Crippen LogP contribution in [0.2, 0.25) is 0 Å². The smallest absolute Gasteiger partial charge is 0.362 e. The molecule has 0 amide bonds. The van der Waals surface area contributed by atoms with Gasteiger partial charge in [-0.2, -0.15) is 0 Å². The third kappa shape index (κ3) is 3.41. The molecule has 8 heteroatoms. The summed E-state index contributed by atoms with van der Waals surface area (Å²) in [4.78, 5) is 19.4. The highest BCUT2D eigenvalue weighted by Crippen LogP contribution is 2.20. The molecule has 6 nitrogen and oxygen atoms in total. The van der Waals surface area contributed by atoms with E-state index in [1.807, 2.05) is 0 Å². The first-order valence-corrected chi connectivity index (χ1v) is 5.76. The van der Waals surface area contributed by atoms with Crippen LogP contribution in [0.1, 0.15) is 10.5 Å². The van der Waals surface area contributed by atoms with Crippen LogP contribution >= 0.6 is 0 Å². The van der Waals surface area contributed by atoms with Crippen LogP contribution in [0.15, 0.2) is 24.4 Å². The molecular formula is C13H11F2N3O3. The normalized spacial score (nSPS) is 10.1. The number of hydrogen-bond acceptors (Lipinski definition) is 6. The summed E-state index contributed by atoms with van der Waals surface area (Å²) in [7, 11) is 2.51. The van der Waals surface area contributed by atoms with Gasteiger partial charge >= 0.3 is 5.97 Å². The third-order valence-corrected chi connectivity index (χ3v) is 2.45. The van der Waals surface area contributed by atoms with Crippen molar-refractivity contribution >= 4 is 17.5 Å². The maximum Gasteiger partial charge on any atom is 0.362 e. The van der Waals surface area contributed by atoms with Crippen molar-refractivity contribution in [1.29, 1.82) is 0 Å². The van der Waals surface area contributed by atoms with Gasteiger partial charge in [0.1, 0.15) is 17.5 Å². The van der Waals surface area contributed by atoms with Crippen LogP contribution in [0, 0.1) is 11.6 Å². The molecule has 1 N–H and O–H groups in total. The van der Waals surface area contributed by atoms with E-state index >= 15 is 0 Å². The fraction of sp³-hybridized carbons (Fsp3) is 0.154. The molecule has 2 rings (SSSR count). The summed E-state index contributed by atoms with van der Waals surface area (Å²) in [6.07, 6.45) is 1.26. The van der Waals surface area contributed by atoms with Crippen molar-refractivity contribution in [2.45, 2.75) is 0 Å². The number of anilines is 2. The number of esters is 1. The Morgan fingerprint density at radius 1 is 1.19 bits per heavy atom. The predicted molar refractivity (Wildman–Crippen MR) is 69.6 cm³/mol. The molecule has 0 spiro atoms. The molecule has 2 aromatic rings. The Balaban J connectivity index is 2.34. The zero-order valence-corrected chi connectivity index (χ0v) is 11.2. The molecule has 0 saturated carbocycles. The first-order chi connectivity index (χ1) is 10.0. The van der Waals surface area contributed by atoms with Gasteiger partial charge in [-0.1, -0.05) is 0 Å². The van der Waals surface area contributed by atoms with E-state index in [1.165, 1.54) is 20.4 Å². The van der Waals surface area contributed by atoms with Crippen LogP contribution in [0.25, 0.3) is 0 Å². The molecule has 0 unspecified atom stereocenters. The van der Waals surface area contributed by atoms with Gasteiger partial charge < -0.3 is 14.8 Å². The Bertz CT molecular complexity index is 659. The Hall–Kier alpha value is -2.77. The summed E-state index contributed by atoms with van der Waals surface area (Å²) in [5.74, 6) is -2.13. The number of methoxy groups -OCH3 is 2. The Labute approximate surface area is 118 Å². The van der Waals surface area contributed by atoms with Gasteiger partial charge in [0, 0.05) is 11.8 Å². The molecule has 1 aromatic heterocycles. The van der Waals surface area contributed by atoms with E-state index in [4.69, 9.17) is 4.74 Å². The minimum atomic E-state index is -0.743. The maximum absolute atomic E-state index is 13.1. The zero-order valence-electron chi connectivity index (χ0n) is 11.2. The summed E-state index contributed by atoms with van der Waals surface area (Å²) < 4.78 is 35.6. The number of nitrogens with one attached hydrogen (secondary N) is 1. The summed E-state index contributed by atoms with van der Waals surface area (Å²) in [5.41, 5.74) is -0.0235. The van der Waals surface area contributed by atoms with E-state index in [9.17, 15) is 13.6 Å². The molecule has 0 aliphatic rings. The monoisotopic (exact) mass is 295 g/mol. The van der Waals surface area contributed by atoms with Crippen LogP contribution in [-0.4, -0.2) is 30.2 Å². The fourth-order valence-corrected chi connectivity index (χ4v) is 1.59. The van der Waals surface area contributed by atoms with Crippen molar-refractivity contribution in [2.75, 3.05) is 19.5 Å². The highest BCUT2D eigenvalue weighted by Gasteiger charge is 2.17. The zero-order chi connectivity index (χ0) is 15.4. The highest BCUT2D eigenvalue weighted by atomic mass is 19.1. The van der Waals surface area contributed by atoms with E-state index in [-0.39, 0.29) is 23.1 Å². The molecule has 1 heterocycles. The molecule has 0 aliphatic heterocycles. The number of benzene rings is 1. The lowest BCUT2D eigenvalue weighted by Gasteiger charge is -2.09. The summed E-state index contributed by atoms with van der Waals surface area (Å²) in [6.45, 7) is 0. The summed E-state index contributed by atoms with van der Waals surface area (Å²) >= 11 is 0. The SMILES string of the molecule is COC(=O)c1nc(Nc2cc(F)cc(F)c2)cnc1OC. The molecule has 0 aliphatic carbocycles. The van der Waals surface area contributed by atoms with Gasteiger partial charge in [-0.3, -0.25) is 0 Å². The van der Waals surface area contributed by atoms with Crippen molar-refractivity contribution in [3.8, 4) is 5.88 Å². The molecular weight excluding hydrogens is 284 g/mol. The summed E-state index contributed by atoms with van der Waals surface area (Å²) in [5, 5.41) is 2.64. The van der Waals surface area contributed by atoms with E-state index in [2.05, 4.69) is 20.0 Å². The lowest BCUT2D eigenvalue weighted by molar-refractivity contribution is 0.0589. The van der Waals surface area contributed by atoms with E-state index in [1.54, 1.807) is 0 Å². The molecule has 110 valence electrons. The second kappa shape index (κ2) is 6.12. The lowest BCUT2D eigenvalue weighted by Crippen LogP contribution is -2.10.